The predicted molar refractivity (Wildman–Crippen MR) is 56.0 cm³/mol. The molecule has 0 saturated carbocycles. The smallest absolute Gasteiger partial charge is 0.138 e. The van der Waals surface area contributed by atoms with Crippen molar-refractivity contribution in [1.29, 1.82) is 0 Å². The van der Waals surface area contributed by atoms with Gasteiger partial charge in [-0.15, -0.1) is 0 Å². The van der Waals surface area contributed by atoms with Crippen molar-refractivity contribution in [3.63, 3.8) is 0 Å². The summed E-state index contributed by atoms with van der Waals surface area (Å²) in [5, 5.41) is 12.5. The van der Waals surface area contributed by atoms with Crippen LogP contribution in [0.3, 0.4) is 0 Å². The van der Waals surface area contributed by atoms with E-state index in [0.29, 0.717) is 5.02 Å². The largest absolute Gasteiger partial charge is 0.276 e. The SMILES string of the molecule is Clc1ccc(-n2cncn2)c2[nH]ncc12. The number of benzene rings is 1. The van der Waals surface area contributed by atoms with E-state index in [4.69, 9.17) is 11.6 Å². The van der Waals surface area contributed by atoms with Gasteiger partial charge in [-0.1, -0.05) is 11.6 Å². The molecule has 0 unspecified atom stereocenters. The van der Waals surface area contributed by atoms with Crippen LogP contribution >= 0.6 is 11.6 Å². The van der Waals surface area contributed by atoms with Crippen LogP contribution in [0.2, 0.25) is 5.02 Å². The van der Waals surface area contributed by atoms with E-state index in [0.717, 1.165) is 16.6 Å². The molecular weight excluding hydrogens is 214 g/mol. The summed E-state index contributed by atoms with van der Waals surface area (Å²) in [4.78, 5) is 3.90. The molecule has 0 aliphatic heterocycles. The highest BCUT2D eigenvalue weighted by molar-refractivity contribution is 6.35. The monoisotopic (exact) mass is 219 g/mol. The van der Waals surface area contributed by atoms with Crippen LogP contribution in [0.4, 0.5) is 0 Å². The van der Waals surface area contributed by atoms with E-state index in [1.165, 1.54) is 6.33 Å². The molecule has 1 N–H and O–H groups in total. The maximum atomic E-state index is 6.03. The van der Waals surface area contributed by atoms with Crippen molar-refractivity contribution in [2.45, 2.75) is 0 Å². The predicted octanol–water partition coefficient (Wildman–Crippen LogP) is 1.80. The number of hydrogen-bond acceptors (Lipinski definition) is 3. The molecule has 3 rings (SSSR count). The fraction of sp³-hybridized carbons (Fsp3) is 0. The first-order valence-corrected chi connectivity index (χ1v) is 4.70. The summed E-state index contributed by atoms with van der Waals surface area (Å²) in [5.41, 5.74) is 1.73. The lowest BCUT2D eigenvalue weighted by atomic mass is 10.2. The van der Waals surface area contributed by atoms with Gasteiger partial charge < -0.3 is 0 Å². The molecule has 0 atom stereocenters. The van der Waals surface area contributed by atoms with Gasteiger partial charge in [0.2, 0.25) is 0 Å². The zero-order valence-electron chi connectivity index (χ0n) is 7.55. The molecule has 0 fully saturated rings. The Hall–Kier alpha value is -1.88. The van der Waals surface area contributed by atoms with E-state index in [1.54, 1.807) is 17.2 Å². The summed E-state index contributed by atoms with van der Waals surface area (Å²) in [6, 6.07) is 3.69. The number of nitrogens with one attached hydrogen (secondary N) is 1. The summed E-state index contributed by atoms with van der Waals surface area (Å²) in [7, 11) is 0. The molecule has 6 heteroatoms. The number of nitrogens with zero attached hydrogens (tertiary/aromatic N) is 4. The Morgan fingerprint density at radius 3 is 3.07 bits per heavy atom. The number of hydrogen-bond donors (Lipinski definition) is 1. The third-order valence-corrected chi connectivity index (χ3v) is 2.54. The van der Waals surface area contributed by atoms with Crippen LogP contribution < -0.4 is 0 Å². The first-order chi connectivity index (χ1) is 7.36. The molecule has 5 nitrogen and oxygen atoms in total. The third kappa shape index (κ3) is 1.20. The number of aromatic nitrogens is 5. The summed E-state index contributed by atoms with van der Waals surface area (Å²) in [6.45, 7) is 0. The molecule has 3 aromatic rings. The van der Waals surface area contributed by atoms with Crippen LogP contribution in [0.5, 0.6) is 0 Å². The lowest BCUT2D eigenvalue weighted by molar-refractivity contribution is 0.882. The minimum absolute atomic E-state index is 0.669. The van der Waals surface area contributed by atoms with E-state index in [2.05, 4.69) is 20.3 Å². The van der Waals surface area contributed by atoms with Gasteiger partial charge in [0.1, 0.15) is 12.7 Å². The van der Waals surface area contributed by atoms with Crippen LogP contribution in [0.1, 0.15) is 0 Å². The van der Waals surface area contributed by atoms with Gasteiger partial charge in [0, 0.05) is 5.39 Å². The second-order valence-electron chi connectivity index (χ2n) is 3.07. The van der Waals surface area contributed by atoms with Crippen molar-refractivity contribution in [1.82, 2.24) is 25.0 Å². The van der Waals surface area contributed by atoms with Gasteiger partial charge in [-0.25, -0.2) is 9.67 Å². The van der Waals surface area contributed by atoms with E-state index in [1.807, 2.05) is 12.1 Å². The minimum atomic E-state index is 0.669. The summed E-state index contributed by atoms with van der Waals surface area (Å²) in [5.74, 6) is 0. The number of aromatic amines is 1. The Morgan fingerprint density at radius 2 is 2.27 bits per heavy atom. The molecular formula is C9H6ClN5. The van der Waals surface area contributed by atoms with E-state index >= 15 is 0 Å². The summed E-state index contributed by atoms with van der Waals surface area (Å²) in [6.07, 6.45) is 4.80. The van der Waals surface area contributed by atoms with Gasteiger partial charge in [-0.05, 0) is 12.1 Å². The van der Waals surface area contributed by atoms with Crippen molar-refractivity contribution in [2.24, 2.45) is 0 Å². The molecule has 0 amide bonds. The van der Waals surface area contributed by atoms with Gasteiger partial charge in [-0.2, -0.15) is 10.2 Å². The van der Waals surface area contributed by atoms with Crippen molar-refractivity contribution >= 4 is 22.5 Å². The van der Waals surface area contributed by atoms with E-state index in [9.17, 15) is 0 Å². The zero-order chi connectivity index (χ0) is 10.3. The first kappa shape index (κ1) is 8.43. The highest BCUT2D eigenvalue weighted by Gasteiger charge is 2.08. The van der Waals surface area contributed by atoms with Crippen LogP contribution in [-0.2, 0) is 0 Å². The molecule has 74 valence electrons. The molecule has 1 aromatic carbocycles. The highest BCUT2D eigenvalue weighted by Crippen LogP contribution is 2.26. The van der Waals surface area contributed by atoms with Crippen molar-refractivity contribution < 1.29 is 0 Å². The third-order valence-electron chi connectivity index (χ3n) is 2.21. The number of H-pyrrole nitrogens is 1. The number of rotatable bonds is 1. The quantitative estimate of drug-likeness (QED) is 0.679. The van der Waals surface area contributed by atoms with Crippen molar-refractivity contribution in [3.05, 3.63) is 36.0 Å². The minimum Gasteiger partial charge on any atom is -0.276 e. The molecule has 0 aliphatic rings. The van der Waals surface area contributed by atoms with Crippen LogP contribution in [0, 0.1) is 0 Å². The second-order valence-corrected chi connectivity index (χ2v) is 3.47. The molecule has 0 aliphatic carbocycles. The fourth-order valence-corrected chi connectivity index (χ4v) is 1.72. The van der Waals surface area contributed by atoms with E-state index in [-0.39, 0.29) is 0 Å². The Balaban J connectivity index is 2.37. The van der Waals surface area contributed by atoms with Gasteiger partial charge in [0.25, 0.3) is 0 Å². The fourth-order valence-electron chi connectivity index (χ4n) is 1.51. The zero-order valence-corrected chi connectivity index (χ0v) is 8.31. The Labute approximate surface area is 89.7 Å². The maximum absolute atomic E-state index is 6.03. The summed E-state index contributed by atoms with van der Waals surface area (Å²) >= 11 is 6.03. The van der Waals surface area contributed by atoms with Crippen molar-refractivity contribution in [2.75, 3.05) is 0 Å². The molecule has 0 spiro atoms. The van der Waals surface area contributed by atoms with Gasteiger partial charge >= 0.3 is 0 Å². The van der Waals surface area contributed by atoms with Gasteiger partial charge in [0.05, 0.1) is 22.4 Å². The normalized spacial score (nSPS) is 11.0. The molecule has 2 heterocycles. The summed E-state index contributed by atoms with van der Waals surface area (Å²) < 4.78 is 1.66. The standard InChI is InChI=1S/C9H6ClN5/c10-7-1-2-8(15-5-11-4-13-15)9-6(7)3-12-14-9/h1-5H,(H,12,14). The Morgan fingerprint density at radius 1 is 1.33 bits per heavy atom. The van der Waals surface area contributed by atoms with Gasteiger partial charge in [0.15, 0.2) is 0 Å². The van der Waals surface area contributed by atoms with Gasteiger partial charge in [-0.3, -0.25) is 5.10 Å². The van der Waals surface area contributed by atoms with Crippen LogP contribution in [0.25, 0.3) is 16.6 Å². The molecule has 0 bridgehead atoms. The maximum Gasteiger partial charge on any atom is 0.138 e. The van der Waals surface area contributed by atoms with Crippen LogP contribution in [-0.4, -0.2) is 25.0 Å². The molecule has 15 heavy (non-hydrogen) atoms. The topological polar surface area (TPSA) is 59.4 Å². The van der Waals surface area contributed by atoms with Crippen LogP contribution in [0.15, 0.2) is 31.0 Å². The Kier molecular flexibility index (Phi) is 1.72. The lowest BCUT2D eigenvalue weighted by Gasteiger charge is -2.02. The van der Waals surface area contributed by atoms with Crippen molar-refractivity contribution in [3.8, 4) is 5.69 Å². The molecule has 0 saturated heterocycles. The first-order valence-electron chi connectivity index (χ1n) is 4.33. The number of fused-ring (bicyclic) bond motifs is 1. The molecule has 0 radical (unpaired) electrons. The average molecular weight is 220 g/mol. The van der Waals surface area contributed by atoms with E-state index < -0.39 is 0 Å². The second kappa shape index (κ2) is 3.06. The Bertz CT molecular complexity index is 598. The number of halogens is 1. The average Bonchev–Trinajstić information content (AvgIpc) is 2.88. The molecule has 2 aromatic heterocycles. The highest BCUT2D eigenvalue weighted by atomic mass is 35.5. The lowest BCUT2D eigenvalue weighted by Crippen LogP contribution is -1.95.